The van der Waals surface area contributed by atoms with Gasteiger partial charge in [-0.05, 0) is 65.8 Å². The van der Waals surface area contributed by atoms with Crippen molar-refractivity contribution in [3.8, 4) is 44.7 Å². The van der Waals surface area contributed by atoms with Crippen molar-refractivity contribution in [2.45, 2.75) is 0 Å². The molecule has 0 saturated carbocycles. The van der Waals surface area contributed by atoms with Gasteiger partial charge < -0.3 is 4.42 Å². The van der Waals surface area contributed by atoms with E-state index in [4.69, 9.17) is 9.90 Å². The molecule has 0 saturated heterocycles. The van der Waals surface area contributed by atoms with E-state index in [1.54, 1.807) is 24.3 Å². The van der Waals surface area contributed by atoms with E-state index in [0.29, 0.717) is 33.4 Å². The molecule has 0 spiro atoms. The van der Waals surface area contributed by atoms with Gasteiger partial charge in [-0.1, -0.05) is 176 Å². The lowest BCUT2D eigenvalue weighted by molar-refractivity contribution is 0.634. The lowest BCUT2D eigenvalue weighted by atomic mass is 9.84. The van der Waals surface area contributed by atoms with Crippen molar-refractivity contribution < 1.29 is 15.4 Å². The van der Waals surface area contributed by atoms with E-state index in [1.807, 2.05) is 91.0 Å². The highest BCUT2D eigenvalue weighted by Gasteiger charge is 2.26. The summed E-state index contributed by atoms with van der Waals surface area (Å²) < 4.78 is 81.1. The maximum Gasteiger partial charge on any atom is 0.143 e. The molecule has 10 aromatic rings. The van der Waals surface area contributed by atoms with Gasteiger partial charge in [0.05, 0.1) is 11.0 Å². The summed E-state index contributed by atoms with van der Waals surface area (Å²) in [5.74, 6) is 0.408. The summed E-state index contributed by atoms with van der Waals surface area (Å²) >= 11 is 0. The Morgan fingerprint density at radius 2 is 0.898 bits per heavy atom. The number of hydrogen-bond donors (Lipinski definition) is 0. The molecular formula is C48H30O. The highest BCUT2D eigenvalue weighted by Crippen LogP contribution is 2.52. The van der Waals surface area contributed by atoms with Crippen molar-refractivity contribution in [2.75, 3.05) is 0 Å². The Hall–Kier alpha value is -6.44. The Balaban J connectivity index is 1.53. The zero-order chi connectivity index (χ0) is 39.3. The van der Waals surface area contributed by atoms with Crippen LogP contribution in [0.2, 0.25) is 0 Å². The van der Waals surface area contributed by atoms with Gasteiger partial charge in [0.2, 0.25) is 0 Å². The summed E-state index contributed by atoms with van der Waals surface area (Å²) in [5, 5.41) is 5.08. The number of hydrogen-bond acceptors (Lipinski definition) is 1. The summed E-state index contributed by atoms with van der Waals surface area (Å²) in [4.78, 5) is 0. The second-order valence-electron chi connectivity index (χ2n) is 12.2. The monoisotopic (exact) mass is 630 g/mol. The van der Waals surface area contributed by atoms with Gasteiger partial charge >= 0.3 is 0 Å². The first-order valence-corrected chi connectivity index (χ1v) is 16.2. The molecule has 0 aliphatic heterocycles. The molecule has 9 aromatic carbocycles. The first kappa shape index (κ1) is 20.7. The lowest BCUT2D eigenvalue weighted by Gasteiger charge is -2.18. The minimum Gasteiger partial charge on any atom is -0.455 e. The zero-order valence-electron chi connectivity index (χ0n) is 34.1. The summed E-state index contributed by atoms with van der Waals surface area (Å²) in [5.41, 5.74) is 4.52. The summed E-state index contributed by atoms with van der Waals surface area (Å²) in [6, 6.07) is 39.8. The fourth-order valence-electron chi connectivity index (χ4n) is 7.41. The minimum atomic E-state index is -0.455. The van der Waals surface area contributed by atoms with Crippen LogP contribution in [-0.2, 0) is 0 Å². The predicted octanol–water partition coefficient (Wildman–Crippen LogP) is 13.7. The van der Waals surface area contributed by atoms with Crippen molar-refractivity contribution in [3.05, 3.63) is 182 Å². The zero-order valence-corrected chi connectivity index (χ0v) is 26.1. The topological polar surface area (TPSA) is 13.1 Å². The Kier molecular flexibility index (Phi) is 4.69. The van der Waals surface area contributed by atoms with Gasteiger partial charge in [-0.15, -0.1) is 0 Å². The maximum atomic E-state index is 9.61. The number of benzene rings is 9. The molecule has 0 radical (unpaired) electrons. The molecule has 1 heterocycles. The number of para-hydroxylation sites is 1. The van der Waals surface area contributed by atoms with E-state index in [-0.39, 0.29) is 51.3 Å². The van der Waals surface area contributed by atoms with Crippen LogP contribution in [0.5, 0.6) is 0 Å². The molecule has 0 fully saturated rings. The van der Waals surface area contributed by atoms with E-state index >= 15 is 0 Å². The van der Waals surface area contributed by atoms with Crippen molar-refractivity contribution in [1.82, 2.24) is 0 Å². The second kappa shape index (κ2) is 11.1. The first-order chi connectivity index (χ1) is 27.7. The highest BCUT2D eigenvalue weighted by molar-refractivity contribution is 6.26. The molecule has 228 valence electrons. The highest BCUT2D eigenvalue weighted by atomic mass is 16.3. The average molecular weight is 631 g/mol. The Bertz CT molecular complexity index is 3240. The minimum absolute atomic E-state index is 0.136. The third-order valence-corrected chi connectivity index (χ3v) is 9.50. The number of furan rings is 1. The van der Waals surface area contributed by atoms with Crippen LogP contribution in [-0.4, -0.2) is 0 Å². The van der Waals surface area contributed by atoms with Crippen LogP contribution < -0.4 is 0 Å². The first-order valence-electron chi connectivity index (χ1n) is 20.2. The van der Waals surface area contributed by atoms with Crippen molar-refractivity contribution in [3.63, 3.8) is 0 Å². The smallest absolute Gasteiger partial charge is 0.143 e. The lowest BCUT2D eigenvalue weighted by Crippen LogP contribution is -1.92. The van der Waals surface area contributed by atoms with Gasteiger partial charge in [0.15, 0.2) is 0 Å². The molecule has 49 heavy (non-hydrogen) atoms. The van der Waals surface area contributed by atoms with Crippen LogP contribution in [0, 0.1) is 0 Å². The molecule has 0 amide bonds. The molecule has 10 rings (SSSR count). The van der Waals surface area contributed by atoms with E-state index < -0.39 is 24.2 Å². The molecule has 0 aliphatic carbocycles. The third-order valence-electron chi connectivity index (χ3n) is 9.50. The SMILES string of the molecule is [2H]c1c([2H])c([2H])c2c(-c3c(-c4cc5ccccc5c5ccccc45)oc4c(-c5ccccc5)cccc34)c3c([2H])c([2H])c([2H])c([2H])c3c(-c3ccccc3)c2c1[2H]. The summed E-state index contributed by atoms with van der Waals surface area (Å²) in [7, 11) is 0. The van der Waals surface area contributed by atoms with E-state index in [1.165, 1.54) is 0 Å². The summed E-state index contributed by atoms with van der Waals surface area (Å²) in [6.45, 7) is 0. The molecule has 0 aliphatic rings. The third kappa shape index (κ3) is 4.26. The van der Waals surface area contributed by atoms with Gasteiger partial charge in [0, 0.05) is 27.6 Å². The van der Waals surface area contributed by atoms with Gasteiger partial charge in [-0.2, -0.15) is 0 Å². The molecule has 0 atom stereocenters. The van der Waals surface area contributed by atoms with Gasteiger partial charge in [0.25, 0.3) is 0 Å². The molecule has 1 nitrogen and oxygen atoms in total. The van der Waals surface area contributed by atoms with Crippen molar-refractivity contribution in [1.29, 1.82) is 0 Å². The Morgan fingerprint density at radius 1 is 0.367 bits per heavy atom. The van der Waals surface area contributed by atoms with Crippen LogP contribution in [0.25, 0.3) is 98.8 Å². The second-order valence-corrected chi connectivity index (χ2v) is 12.2. The standard InChI is InChI=1S/C48H30O/c1-3-16-31(17-4-1)35-28-15-29-42-46(48(49-47(35)42)43-30-33-20-7-8-21-34(33)36-22-9-10-23-37(36)43)45-40-26-13-11-24-38(40)44(32-18-5-2-6-19-32)39-25-12-14-27-41(39)45/h1-30H/i11D,12D,13D,14D,24D,25D,26D,27D. The van der Waals surface area contributed by atoms with Crippen LogP contribution >= 0.6 is 0 Å². The van der Waals surface area contributed by atoms with Gasteiger partial charge in [-0.3, -0.25) is 0 Å². The normalized spacial score (nSPS) is 14.0. The van der Waals surface area contributed by atoms with Crippen LogP contribution in [0.4, 0.5) is 0 Å². The number of rotatable bonds is 4. The largest absolute Gasteiger partial charge is 0.455 e. The van der Waals surface area contributed by atoms with Crippen molar-refractivity contribution >= 4 is 54.1 Å². The predicted molar refractivity (Wildman–Crippen MR) is 208 cm³/mol. The number of fused-ring (bicyclic) bond motifs is 6. The van der Waals surface area contributed by atoms with Gasteiger partial charge in [-0.25, -0.2) is 0 Å². The van der Waals surface area contributed by atoms with Crippen molar-refractivity contribution in [2.24, 2.45) is 0 Å². The quantitative estimate of drug-likeness (QED) is 0.139. The Labute approximate surface area is 295 Å². The molecule has 1 heteroatoms. The molecule has 1 aromatic heterocycles. The molecule has 0 bridgehead atoms. The molecule has 0 N–H and O–H groups in total. The molecule has 0 unspecified atom stereocenters. The average Bonchev–Trinajstić information content (AvgIpc) is 3.64. The fourth-order valence-corrected chi connectivity index (χ4v) is 7.41. The van der Waals surface area contributed by atoms with Gasteiger partial charge in [0.1, 0.15) is 11.3 Å². The fraction of sp³-hybridized carbons (Fsp3) is 0. The Morgan fingerprint density at radius 3 is 1.57 bits per heavy atom. The van der Waals surface area contributed by atoms with Crippen LogP contribution in [0.3, 0.4) is 0 Å². The van der Waals surface area contributed by atoms with Crippen LogP contribution in [0.1, 0.15) is 11.0 Å². The van der Waals surface area contributed by atoms with E-state index in [0.717, 1.165) is 38.2 Å². The van der Waals surface area contributed by atoms with E-state index in [9.17, 15) is 5.48 Å². The molecular weight excluding hydrogens is 593 g/mol. The maximum absolute atomic E-state index is 9.61. The van der Waals surface area contributed by atoms with E-state index in [2.05, 4.69) is 18.2 Å². The summed E-state index contributed by atoms with van der Waals surface area (Å²) in [6.07, 6.45) is 0. The van der Waals surface area contributed by atoms with Crippen LogP contribution in [0.15, 0.2) is 186 Å².